The van der Waals surface area contributed by atoms with Crippen molar-refractivity contribution in [3.05, 3.63) is 34.3 Å². The number of benzene rings is 1. The Balaban J connectivity index is 3.08. The van der Waals surface area contributed by atoms with E-state index in [-0.39, 0.29) is 10.6 Å². The highest BCUT2D eigenvalue weighted by Gasteiger charge is 2.34. The number of rotatable bonds is 3. The van der Waals surface area contributed by atoms with Crippen LogP contribution >= 0.6 is 11.6 Å². The van der Waals surface area contributed by atoms with Crippen LogP contribution in [0.3, 0.4) is 0 Å². The Morgan fingerprint density at radius 1 is 1.22 bits per heavy atom. The van der Waals surface area contributed by atoms with Crippen LogP contribution in [0.25, 0.3) is 0 Å². The van der Waals surface area contributed by atoms with Crippen LogP contribution < -0.4 is 5.73 Å². The lowest BCUT2D eigenvalue weighted by atomic mass is 9.93. The Labute approximate surface area is 106 Å². The van der Waals surface area contributed by atoms with Crippen LogP contribution in [0, 0.1) is 0 Å². The molecule has 0 amide bonds. The van der Waals surface area contributed by atoms with Gasteiger partial charge in [-0.15, -0.1) is 0 Å². The molecule has 0 aromatic heterocycles. The second-order valence-corrected chi connectivity index (χ2v) is 4.77. The Kier molecular flexibility index (Phi) is 4.23. The molecule has 0 radical (unpaired) electrons. The van der Waals surface area contributed by atoms with Crippen LogP contribution in [0.15, 0.2) is 18.2 Å². The Morgan fingerprint density at radius 2 is 1.78 bits per heavy atom. The van der Waals surface area contributed by atoms with Gasteiger partial charge in [0.05, 0.1) is 11.1 Å². The SMILES string of the molecule is CC(N)(Cc1cc(Cl)cc(C(F)(F)F)c1)C(F)F. The maximum Gasteiger partial charge on any atom is 0.416 e. The number of alkyl halides is 5. The maximum absolute atomic E-state index is 12.6. The molecule has 1 aromatic rings. The Bertz CT molecular complexity index is 428. The van der Waals surface area contributed by atoms with Crippen LogP contribution in [-0.2, 0) is 12.6 Å². The van der Waals surface area contributed by atoms with Gasteiger partial charge in [-0.2, -0.15) is 13.2 Å². The van der Waals surface area contributed by atoms with Gasteiger partial charge in [0.2, 0.25) is 0 Å². The predicted molar refractivity (Wildman–Crippen MR) is 58.8 cm³/mol. The Hall–Kier alpha value is -0.880. The summed E-state index contributed by atoms with van der Waals surface area (Å²) in [5.41, 5.74) is 2.48. The van der Waals surface area contributed by atoms with E-state index in [1.165, 1.54) is 6.07 Å². The molecule has 1 atom stereocenters. The van der Waals surface area contributed by atoms with E-state index in [2.05, 4.69) is 0 Å². The minimum atomic E-state index is -4.57. The van der Waals surface area contributed by atoms with Crippen LogP contribution in [0.2, 0.25) is 5.02 Å². The van der Waals surface area contributed by atoms with Gasteiger partial charge in [-0.25, -0.2) is 8.78 Å². The lowest BCUT2D eigenvalue weighted by Crippen LogP contribution is -2.45. The first kappa shape index (κ1) is 15.2. The van der Waals surface area contributed by atoms with Gasteiger partial charge in [0.1, 0.15) is 0 Å². The summed E-state index contributed by atoms with van der Waals surface area (Å²) in [6.45, 7) is 1.08. The van der Waals surface area contributed by atoms with Crippen LogP contribution in [0.1, 0.15) is 18.1 Å². The molecule has 0 saturated heterocycles. The lowest BCUT2D eigenvalue weighted by molar-refractivity contribution is -0.137. The molecule has 1 nitrogen and oxygen atoms in total. The fourth-order valence-corrected chi connectivity index (χ4v) is 1.69. The molecule has 0 aliphatic rings. The molecule has 102 valence electrons. The van der Waals surface area contributed by atoms with Crippen LogP contribution in [-0.4, -0.2) is 12.0 Å². The molecule has 0 fully saturated rings. The largest absolute Gasteiger partial charge is 0.416 e. The van der Waals surface area contributed by atoms with Crippen molar-refractivity contribution in [2.45, 2.75) is 31.5 Å². The number of halogens is 6. The summed E-state index contributed by atoms with van der Waals surface area (Å²) in [6.07, 6.45) is -7.81. The van der Waals surface area contributed by atoms with Gasteiger partial charge in [-0.05, 0) is 37.1 Å². The average Bonchev–Trinajstić information content (AvgIpc) is 2.13. The molecule has 0 heterocycles. The molecule has 1 unspecified atom stereocenters. The molecule has 7 heteroatoms. The van der Waals surface area contributed by atoms with E-state index in [9.17, 15) is 22.0 Å². The Morgan fingerprint density at radius 3 is 2.22 bits per heavy atom. The predicted octanol–water partition coefficient (Wildman–Crippen LogP) is 3.88. The van der Waals surface area contributed by atoms with Crippen molar-refractivity contribution >= 4 is 11.6 Å². The summed E-state index contributed by atoms with van der Waals surface area (Å²) in [4.78, 5) is 0. The highest BCUT2D eigenvalue weighted by Crippen LogP contribution is 2.33. The minimum Gasteiger partial charge on any atom is -0.320 e. The van der Waals surface area contributed by atoms with Crippen molar-refractivity contribution < 1.29 is 22.0 Å². The molecule has 0 saturated carbocycles. The number of hydrogen-bond donors (Lipinski definition) is 1. The van der Waals surface area contributed by atoms with Gasteiger partial charge in [-0.3, -0.25) is 0 Å². The topological polar surface area (TPSA) is 26.0 Å². The fourth-order valence-electron chi connectivity index (χ4n) is 1.43. The minimum absolute atomic E-state index is 0.0279. The highest BCUT2D eigenvalue weighted by atomic mass is 35.5. The quantitative estimate of drug-likeness (QED) is 0.839. The summed E-state index contributed by atoms with van der Waals surface area (Å²) in [6, 6.07) is 2.71. The molecular weight excluding hydrogens is 277 g/mol. The second-order valence-electron chi connectivity index (χ2n) is 4.33. The van der Waals surface area contributed by atoms with E-state index in [0.29, 0.717) is 0 Å². The van der Waals surface area contributed by atoms with Crippen molar-refractivity contribution in [1.82, 2.24) is 0 Å². The van der Waals surface area contributed by atoms with Gasteiger partial charge in [0.15, 0.2) is 0 Å². The molecular formula is C11H11ClF5N. The average molecular weight is 288 g/mol. The zero-order valence-corrected chi connectivity index (χ0v) is 10.1. The van der Waals surface area contributed by atoms with E-state index >= 15 is 0 Å². The van der Waals surface area contributed by atoms with Crippen LogP contribution in [0.4, 0.5) is 22.0 Å². The normalized spacial score (nSPS) is 15.8. The third kappa shape index (κ3) is 3.81. The molecule has 0 bridgehead atoms. The fraction of sp³-hybridized carbons (Fsp3) is 0.455. The monoisotopic (exact) mass is 287 g/mol. The van der Waals surface area contributed by atoms with Gasteiger partial charge >= 0.3 is 6.18 Å². The molecule has 0 aliphatic carbocycles. The summed E-state index contributed by atoms with van der Waals surface area (Å²) < 4.78 is 62.6. The van der Waals surface area contributed by atoms with E-state index in [4.69, 9.17) is 17.3 Å². The highest BCUT2D eigenvalue weighted by molar-refractivity contribution is 6.30. The van der Waals surface area contributed by atoms with Crippen molar-refractivity contribution in [2.24, 2.45) is 5.73 Å². The van der Waals surface area contributed by atoms with E-state index in [0.717, 1.165) is 19.1 Å². The first-order chi connectivity index (χ1) is 8.02. The first-order valence-corrected chi connectivity index (χ1v) is 5.34. The van der Waals surface area contributed by atoms with Gasteiger partial charge < -0.3 is 5.73 Å². The van der Waals surface area contributed by atoms with E-state index in [1.807, 2.05) is 0 Å². The smallest absolute Gasteiger partial charge is 0.320 e. The van der Waals surface area contributed by atoms with Gasteiger partial charge in [-0.1, -0.05) is 11.6 Å². The maximum atomic E-state index is 12.6. The van der Waals surface area contributed by atoms with Crippen molar-refractivity contribution in [1.29, 1.82) is 0 Å². The first-order valence-electron chi connectivity index (χ1n) is 4.96. The standard InChI is InChI=1S/C11H11ClF5N/c1-10(18,9(13)14)5-6-2-7(11(15,16)17)4-8(12)3-6/h2-4,9H,5,18H2,1H3. The lowest BCUT2D eigenvalue weighted by Gasteiger charge is -2.24. The third-order valence-electron chi connectivity index (χ3n) is 2.37. The van der Waals surface area contributed by atoms with Crippen LogP contribution in [0.5, 0.6) is 0 Å². The zero-order chi connectivity index (χ0) is 14.1. The van der Waals surface area contributed by atoms with E-state index in [1.54, 1.807) is 0 Å². The number of nitrogens with two attached hydrogens (primary N) is 1. The van der Waals surface area contributed by atoms with Gasteiger partial charge in [0, 0.05) is 5.02 Å². The zero-order valence-electron chi connectivity index (χ0n) is 9.36. The number of hydrogen-bond acceptors (Lipinski definition) is 1. The molecule has 0 spiro atoms. The van der Waals surface area contributed by atoms with Crippen molar-refractivity contribution in [2.75, 3.05) is 0 Å². The summed E-state index contributed by atoms with van der Waals surface area (Å²) in [7, 11) is 0. The molecule has 2 N–H and O–H groups in total. The molecule has 1 rings (SSSR count). The molecule has 0 aliphatic heterocycles. The van der Waals surface area contributed by atoms with E-state index < -0.39 is 30.1 Å². The van der Waals surface area contributed by atoms with Crippen molar-refractivity contribution in [3.63, 3.8) is 0 Å². The van der Waals surface area contributed by atoms with Gasteiger partial charge in [0.25, 0.3) is 6.43 Å². The molecule has 18 heavy (non-hydrogen) atoms. The molecule has 1 aromatic carbocycles. The van der Waals surface area contributed by atoms with Crippen molar-refractivity contribution in [3.8, 4) is 0 Å². The summed E-state index contributed by atoms with van der Waals surface area (Å²) >= 11 is 5.54. The second kappa shape index (κ2) is 5.01. The summed E-state index contributed by atoms with van der Waals surface area (Å²) in [5.74, 6) is 0. The summed E-state index contributed by atoms with van der Waals surface area (Å²) in [5, 5.41) is -0.162. The third-order valence-corrected chi connectivity index (χ3v) is 2.59.